The molecule has 0 spiro atoms. The van der Waals surface area contributed by atoms with Crippen molar-refractivity contribution in [3.05, 3.63) is 33.7 Å². The Kier molecular flexibility index (Phi) is 4.62. The Balaban J connectivity index is 1.98. The van der Waals surface area contributed by atoms with Crippen molar-refractivity contribution in [1.82, 2.24) is 15.0 Å². The monoisotopic (exact) mass is 292 g/mol. The van der Waals surface area contributed by atoms with Crippen LogP contribution in [0.1, 0.15) is 27.0 Å². The second kappa shape index (κ2) is 6.42. The molecule has 0 aliphatic rings. The van der Waals surface area contributed by atoms with Crippen molar-refractivity contribution in [2.24, 2.45) is 0 Å². The van der Waals surface area contributed by atoms with Gasteiger partial charge >= 0.3 is 5.97 Å². The summed E-state index contributed by atoms with van der Waals surface area (Å²) in [5, 5.41) is 6.28. The molecule has 0 radical (unpaired) electrons. The lowest BCUT2D eigenvalue weighted by Crippen LogP contribution is -2.12. The first-order chi connectivity index (χ1) is 9.58. The van der Waals surface area contributed by atoms with Gasteiger partial charge in [-0.2, -0.15) is 0 Å². The number of hydrogen-bond acceptors (Lipinski definition) is 7. The number of anilines is 1. The molecule has 1 N–H and O–H groups in total. The summed E-state index contributed by atoms with van der Waals surface area (Å²) in [6.45, 7) is 4.48. The minimum Gasteiger partial charge on any atom is -0.463 e. The molecule has 0 amide bonds. The van der Waals surface area contributed by atoms with Gasteiger partial charge in [0.15, 0.2) is 0 Å². The van der Waals surface area contributed by atoms with Gasteiger partial charge in [-0.25, -0.2) is 19.7 Å². The molecule has 2 aromatic heterocycles. The number of carbonyl (C=O) groups is 1. The third kappa shape index (κ3) is 3.74. The Morgan fingerprint density at radius 1 is 1.30 bits per heavy atom. The molecule has 0 fully saturated rings. The van der Waals surface area contributed by atoms with Gasteiger partial charge in [-0.3, -0.25) is 0 Å². The molecule has 0 bridgehead atoms. The summed E-state index contributed by atoms with van der Waals surface area (Å²) in [5.41, 5.74) is 1.75. The summed E-state index contributed by atoms with van der Waals surface area (Å²) in [6.07, 6.45) is 0.815. The number of esters is 1. The van der Waals surface area contributed by atoms with Gasteiger partial charge in [0, 0.05) is 35.8 Å². The maximum absolute atomic E-state index is 11.4. The minimum atomic E-state index is -0.535. The van der Waals surface area contributed by atoms with Crippen LogP contribution >= 0.6 is 11.3 Å². The fourth-order valence-electron chi connectivity index (χ4n) is 1.66. The number of aromatic nitrogens is 3. The largest absolute Gasteiger partial charge is 0.463 e. The van der Waals surface area contributed by atoms with Crippen LogP contribution in [0.5, 0.6) is 0 Å². The number of ether oxygens (including phenoxy) is 1. The molecule has 0 aromatic carbocycles. The first kappa shape index (κ1) is 14.4. The van der Waals surface area contributed by atoms with E-state index in [4.69, 9.17) is 0 Å². The summed E-state index contributed by atoms with van der Waals surface area (Å²) in [7, 11) is 1.31. The van der Waals surface area contributed by atoms with Crippen molar-refractivity contribution >= 4 is 23.1 Å². The van der Waals surface area contributed by atoms with E-state index in [-0.39, 0.29) is 5.82 Å². The Morgan fingerprint density at radius 3 is 2.75 bits per heavy atom. The van der Waals surface area contributed by atoms with Crippen molar-refractivity contribution in [2.75, 3.05) is 19.0 Å². The summed E-state index contributed by atoms with van der Waals surface area (Å²) in [5.74, 6) is 0.151. The smallest absolute Gasteiger partial charge is 0.376 e. The number of nitrogens with zero attached hydrogens (tertiary/aromatic N) is 3. The van der Waals surface area contributed by atoms with E-state index < -0.39 is 5.97 Å². The van der Waals surface area contributed by atoms with Crippen molar-refractivity contribution in [3.8, 4) is 0 Å². The van der Waals surface area contributed by atoms with E-state index in [1.807, 2.05) is 19.2 Å². The van der Waals surface area contributed by atoms with Crippen LogP contribution in [0.3, 0.4) is 0 Å². The van der Waals surface area contributed by atoms with Gasteiger partial charge in [0.1, 0.15) is 5.82 Å². The van der Waals surface area contributed by atoms with E-state index in [0.717, 1.165) is 17.1 Å². The van der Waals surface area contributed by atoms with Gasteiger partial charge in [0.25, 0.3) is 0 Å². The third-order valence-corrected chi connectivity index (χ3v) is 3.56. The van der Waals surface area contributed by atoms with Crippen molar-refractivity contribution in [1.29, 1.82) is 0 Å². The normalized spacial score (nSPS) is 10.3. The molecule has 6 nitrogen and oxygen atoms in total. The van der Waals surface area contributed by atoms with Crippen LogP contribution in [0.2, 0.25) is 0 Å². The highest BCUT2D eigenvalue weighted by atomic mass is 32.1. The zero-order valence-corrected chi connectivity index (χ0v) is 12.5. The molecule has 106 valence electrons. The van der Waals surface area contributed by atoms with Crippen molar-refractivity contribution < 1.29 is 9.53 Å². The zero-order chi connectivity index (χ0) is 14.5. The number of carbonyl (C=O) groups excluding carboxylic acids is 1. The molecule has 0 unspecified atom stereocenters. The average Bonchev–Trinajstić information content (AvgIpc) is 2.83. The molecule has 0 aliphatic carbocycles. The molecule has 7 heteroatoms. The van der Waals surface area contributed by atoms with Crippen LogP contribution in [0, 0.1) is 13.8 Å². The van der Waals surface area contributed by atoms with Gasteiger partial charge in [0.05, 0.1) is 12.1 Å². The summed E-state index contributed by atoms with van der Waals surface area (Å²) in [6, 6.07) is 1.79. The molecule has 0 saturated heterocycles. The van der Waals surface area contributed by atoms with E-state index >= 15 is 0 Å². The van der Waals surface area contributed by atoms with E-state index in [1.54, 1.807) is 17.4 Å². The van der Waals surface area contributed by atoms with Gasteiger partial charge in [-0.1, -0.05) is 0 Å². The van der Waals surface area contributed by atoms with Gasteiger partial charge in [-0.05, 0) is 13.8 Å². The predicted octanol–water partition coefficient (Wildman–Crippen LogP) is 1.99. The lowest BCUT2D eigenvalue weighted by molar-refractivity contribution is 0.0586. The molecular weight excluding hydrogens is 276 g/mol. The van der Waals surface area contributed by atoms with E-state index in [2.05, 4.69) is 25.0 Å². The highest BCUT2D eigenvalue weighted by molar-refractivity contribution is 7.09. The number of nitrogens with one attached hydrogen (secondary N) is 1. The minimum absolute atomic E-state index is 0.0695. The van der Waals surface area contributed by atoms with E-state index in [0.29, 0.717) is 18.1 Å². The number of hydrogen-bond donors (Lipinski definition) is 1. The molecule has 2 heterocycles. The van der Waals surface area contributed by atoms with E-state index in [1.165, 1.54) is 7.11 Å². The number of rotatable bonds is 5. The summed E-state index contributed by atoms with van der Waals surface area (Å²) >= 11 is 1.64. The Hall–Kier alpha value is -2.02. The van der Waals surface area contributed by atoms with Crippen LogP contribution < -0.4 is 5.32 Å². The fourth-order valence-corrected chi connectivity index (χ4v) is 2.43. The van der Waals surface area contributed by atoms with Crippen LogP contribution in [0.4, 0.5) is 5.82 Å². The first-order valence-electron chi connectivity index (χ1n) is 6.17. The second-order valence-electron chi connectivity index (χ2n) is 4.27. The van der Waals surface area contributed by atoms with Crippen LogP contribution in [0.25, 0.3) is 0 Å². The maximum Gasteiger partial charge on any atom is 0.376 e. The van der Waals surface area contributed by atoms with Crippen molar-refractivity contribution in [2.45, 2.75) is 20.3 Å². The van der Waals surface area contributed by atoms with Gasteiger partial charge in [0.2, 0.25) is 5.82 Å². The average molecular weight is 292 g/mol. The fraction of sp³-hybridized carbons (Fsp3) is 0.385. The quantitative estimate of drug-likeness (QED) is 0.849. The highest BCUT2D eigenvalue weighted by Gasteiger charge is 2.11. The highest BCUT2D eigenvalue weighted by Crippen LogP contribution is 2.11. The standard InChI is InChI=1S/C13H16N4O2S/c1-8-6-10(17-12(16-8)13(18)19-3)14-5-4-11-15-9(2)7-20-11/h6-7H,4-5H2,1-3H3,(H,14,16,17). The lowest BCUT2D eigenvalue weighted by atomic mass is 10.4. The zero-order valence-electron chi connectivity index (χ0n) is 11.6. The summed E-state index contributed by atoms with van der Waals surface area (Å²) in [4.78, 5) is 24.0. The molecule has 20 heavy (non-hydrogen) atoms. The Morgan fingerprint density at radius 2 is 2.10 bits per heavy atom. The molecule has 2 aromatic rings. The molecule has 2 rings (SSSR count). The second-order valence-corrected chi connectivity index (χ2v) is 5.21. The topological polar surface area (TPSA) is 77.0 Å². The number of aryl methyl sites for hydroxylation is 2. The van der Waals surface area contributed by atoms with Crippen LogP contribution in [-0.2, 0) is 11.2 Å². The van der Waals surface area contributed by atoms with E-state index in [9.17, 15) is 4.79 Å². The molecular formula is C13H16N4O2S. The number of thiazole rings is 1. The lowest BCUT2D eigenvalue weighted by Gasteiger charge is -2.06. The molecule has 0 aliphatic heterocycles. The number of methoxy groups -OCH3 is 1. The molecule has 0 atom stereocenters. The van der Waals surface area contributed by atoms with Crippen molar-refractivity contribution in [3.63, 3.8) is 0 Å². The Labute approximate surface area is 121 Å². The summed E-state index contributed by atoms with van der Waals surface area (Å²) < 4.78 is 4.62. The Bertz CT molecular complexity index is 612. The molecule has 0 saturated carbocycles. The third-order valence-electron chi connectivity index (χ3n) is 2.53. The van der Waals surface area contributed by atoms with Gasteiger partial charge < -0.3 is 10.1 Å². The maximum atomic E-state index is 11.4. The van der Waals surface area contributed by atoms with Gasteiger partial charge in [-0.15, -0.1) is 11.3 Å². The van der Waals surface area contributed by atoms with Crippen LogP contribution in [0.15, 0.2) is 11.4 Å². The van der Waals surface area contributed by atoms with Crippen LogP contribution in [-0.4, -0.2) is 34.6 Å². The first-order valence-corrected chi connectivity index (χ1v) is 7.05. The predicted molar refractivity (Wildman–Crippen MR) is 77.2 cm³/mol. The SMILES string of the molecule is COC(=O)c1nc(C)cc(NCCc2nc(C)cs2)n1.